The summed E-state index contributed by atoms with van der Waals surface area (Å²) in [7, 11) is 0. The third-order valence-corrected chi connectivity index (χ3v) is 4.51. The van der Waals surface area contributed by atoms with Gasteiger partial charge < -0.3 is 4.74 Å². The number of hydrogen-bond donors (Lipinski definition) is 0. The molecule has 1 fully saturated rings. The molecule has 2 aliphatic carbocycles. The zero-order chi connectivity index (χ0) is 13.5. The molecule has 0 spiro atoms. The van der Waals surface area contributed by atoms with Crippen molar-refractivity contribution in [3.05, 3.63) is 47.5 Å². The van der Waals surface area contributed by atoms with Crippen LogP contribution in [0.15, 0.2) is 42.0 Å². The van der Waals surface area contributed by atoms with Crippen LogP contribution in [-0.4, -0.2) is 11.6 Å². The van der Waals surface area contributed by atoms with Gasteiger partial charge in [0.05, 0.1) is 0 Å². The molecule has 0 N–H and O–H groups in total. The molecular weight excluding hydrogens is 236 g/mol. The van der Waals surface area contributed by atoms with E-state index < -0.39 is 0 Å². The number of allylic oxidation sites excluding steroid dienone is 1. The second kappa shape index (κ2) is 4.22. The Bertz CT molecular complexity index is 531. The molecule has 2 atom stereocenters. The molecule has 1 aromatic carbocycles. The largest absolute Gasteiger partial charge is 0.454 e. The number of carbonyl (C=O) groups is 1. The van der Waals surface area contributed by atoms with Crippen molar-refractivity contribution in [2.45, 2.75) is 45.1 Å². The minimum atomic E-state index is -0.273. The van der Waals surface area contributed by atoms with E-state index in [1.54, 1.807) is 0 Å². The Labute approximate surface area is 114 Å². The predicted molar refractivity (Wildman–Crippen MR) is 74.7 cm³/mol. The summed E-state index contributed by atoms with van der Waals surface area (Å²) in [5.74, 6) is -0.163. The lowest BCUT2D eigenvalue weighted by Gasteiger charge is -2.13. The van der Waals surface area contributed by atoms with Crippen LogP contribution in [-0.2, 0) is 16.0 Å². The van der Waals surface area contributed by atoms with Crippen LogP contribution in [0.2, 0.25) is 0 Å². The van der Waals surface area contributed by atoms with Gasteiger partial charge >= 0.3 is 5.97 Å². The highest BCUT2D eigenvalue weighted by atomic mass is 16.6. The van der Waals surface area contributed by atoms with E-state index in [0.29, 0.717) is 0 Å². The average molecular weight is 256 g/mol. The van der Waals surface area contributed by atoms with Crippen molar-refractivity contribution in [3.63, 3.8) is 0 Å². The second-order valence-corrected chi connectivity index (χ2v) is 6.19. The van der Waals surface area contributed by atoms with Gasteiger partial charge in [0, 0.05) is 18.8 Å². The van der Waals surface area contributed by atoms with Gasteiger partial charge in [0.1, 0.15) is 5.60 Å². The first-order chi connectivity index (χ1) is 9.03. The number of carbonyl (C=O) groups excluding carboxylic acids is 1. The van der Waals surface area contributed by atoms with Crippen molar-refractivity contribution in [2.24, 2.45) is 5.41 Å². The summed E-state index contributed by atoms with van der Waals surface area (Å²) in [5, 5.41) is 0. The van der Waals surface area contributed by atoms with E-state index in [-0.39, 0.29) is 17.0 Å². The first-order valence-corrected chi connectivity index (χ1v) is 6.97. The lowest BCUT2D eigenvalue weighted by atomic mass is 9.98. The number of rotatable bonds is 4. The summed E-state index contributed by atoms with van der Waals surface area (Å²) in [4.78, 5) is 11.2. The first-order valence-electron chi connectivity index (χ1n) is 6.97. The van der Waals surface area contributed by atoms with Crippen LogP contribution in [0.1, 0.15) is 38.7 Å². The third-order valence-electron chi connectivity index (χ3n) is 4.51. The zero-order valence-electron chi connectivity index (χ0n) is 11.6. The van der Waals surface area contributed by atoms with E-state index in [9.17, 15) is 4.79 Å². The fourth-order valence-corrected chi connectivity index (χ4v) is 3.41. The van der Waals surface area contributed by atoms with Crippen molar-refractivity contribution in [1.29, 1.82) is 0 Å². The topological polar surface area (TPSA) is 26.3 Å². The van der Waals surface area contributed by atoms with E-state index in [1.165, 1.54) is 18.1 Å². The zero-order valence-corrected chi connectivity index (χ0v) is 11.6. The molecule has 1 saturated carbocycles. The Morgan fingerprint density at radius 3 is 2.68 bits per heavy atom. The van der Waals surface area contributed by atoms with Gasteiger partial charge in [-0.2, -0.15) is 0 Å². The van der Waals surface area contributed by atoms with Crippen LogP contribution < -0.4 is 0 Å². The van der Waals surface area contributed by atoms with Gasteiger partial charge in [-0.3, -0.25) is 4.79 Å². The van der Waals surface area contributed by atoms with E-state index in [2.05, 4.69) is 37.3 Å². The quantitative estimate of drug-likeness (QED) is 0.607. The molecule has 100 valence electrons. The highest BCUT2D eigenvalue weighted by molar-refractivity contribution is 5.68. The van der Waals surface area contributed by atoms with Gasteiger partial charge in [-0.15, -0.1) is 0 Å². The monoisotopic (exact) mass is 256 g/mol. The second-order valence-electron chi connectivity index (χ2n) is 6.19. The molecule has 0 aromatic heterocycles. The van der Waals surface area contributed by atoms with Crippen molar-refractivity contribution in [2.75, 3.05) is 0 Å². The molecular formula is C17H20O2. The van der Waals surface area contributed by atoms with E-state index in [1.807, 2.05) is 6.07 Å². The third kappa shape index (κ3) is 2.20. The highest BCUT2D eigenvalue weighted by Crippen LogP contribution is 2.67. The number of hydrogen-bond acceptors (Lipinski definition) is 2. The van der Waals surface area contributed by atoms with Gasteiger partial charge in [-0.25, -0.2) is 0 Å². The molecule has 2 aliphatic rings. The number of benzene rings is 1. The molecule has 3 rings (SSSR count). The number of esters is 1. The molecule has 0 amide bonds. The number of aryl methyl sites for hydroxylation is 1. The summed E-state index contributed by atoms with van der Waals surface area (Å²) in [6.07, 6.45) is 6.43. The smallest absolute Gasteiger partial charge is 0.303 e. The summed E-state index contributed by atoms with van der Waals surface area (Å²) in [6, 6.07) is 10.5. The highest BCUT2D eigenvalue weighted by Gasteiger charge is 2.69. The molecule has 0 unspecified atom stereocenters. The Morgan fingerprint density at radius 1 is 1.26 bits per heavy atom. The molecule has 19 heavy (non-hydrogen) atoms. The lowest BCUT2D eigenvalue weighted by Crippen LogP contribution is -2.19. The molecule has 2 nitrogen and oxygen atoms in total. The minimum Gasteiger partial charge on any atom is -0.454 e. The van der Waals surface area contributed by atoms with Gasteiger partial charge in [-0.05, 0) is 30.9 Å². The molecule has 0 heterocycles. The first kappa shape index (κ1) is 12.5. The molecule has 0 bridgehead atoms. The molecule has 0 aliphatic heterocycles. The van der Waals surface area contributed by atoms with Gasteiger partial charge in [0.2, 0.25) is 0 Å². The Balaban J connectivity index is 1.65. The summed E-state index contributed by atoms with van der Waals surface area (Å²) in [6.45, 7) is 3.73. The SMILES string of the molecule is CC(=O)O[C@]12C=C(CCc3ccccc3)C[C@@]1(C)C2. The van der Waals surface area contributed by atoms with E-state index in [0.717, 1.165) is 25.7 Å². The van der Waals surface area contributed by atoms with Crippen LogP contribution >= 0.6 is 0 Å². The van der Waals surface area contributed by atoms with Crippen LogP contribution in [0.25, 0.3) is 0 Å². The van der Waals surface area contributed by atoms with Gasteiger partial charge in [0.15, 0.2) is 0 Å². The molecule has 2 heteroatoms. The van der Waals surface area contributed by atoms with Crippen molar-refractivity contribution < 1.29 is 9.53 Å². The maximum Gasteiger partial charge on any atom is 0.303 e. The maximum absolute atomic E-state index is 11.2. The molecule has 0 saturated heterocycles. The number of ether oxygens (including phenoxy) is 1. The molecule has 0 radical (unpaired) electrons. The fourth-order valence-electron chi connectivity index (χ4n) is 3.41. The van der Waals surface area contributed by atoms with Crippen LogP contribution in [0.4, 0.5) is 0 Å². The molecule has 1 aromatic rings. The Hall–Kier alpha value is -1.57. The van der Waals surface area contributed by atoms with E-state index in [4.69, 9.17) is 4.74 Å². The predicted octanol–water partition coefficient (Wildman–Crippen LogP) is 3.66. The van der Waals surface area contributed by atoms with Crippen LogP contribution in [0, 0.1) is 5.41 Å². The number of fused-ring (bicyclic) bond motifs is 1. The van der Waals surface area contributed by atoms with Crippen LogP contribution in [0.3, 0.4) is 0 Å². The van der Waals surface area contributed by atoms with E-state index >= 15 is 0 Å². The van der Waals surface area contributed by atoms with Crippen molar-refractivity contribution >= 4 is 5.97 Å². The normalized spacial score (nSPS) is 31.6. The van der Waals surface area contributed by atoms with Crippen LogP contribution in [0.5, 0.6) is 0 Å². The van der Waals surface area contributed by atoms with Gasteiger partial charge in [-0.1, -0.05) is 42.8 Å². The maximum atomic E-state index is 11.2. The standard InChI is InChI=1S/C17H20O2/c1-13(18)19-17-11-15(10-16(17,2)12-17)9-8-14-6-4-3-5-7-14/h3-7,11H,8-10,12H2,1-2H3/t16-,17-/m0/s1. The average Bonchev–Trinajstić information content (AvgIpc) is 2.79. The minimum absolute atomic E-state index is 0.163. The lowest BCUT2D eigenvalue weighted by molar-refractivity contribution is -0.147. The Kier molecular flexibility index (Phi) is 2.77. The summed E-state index contributed by atoms with van der Waals surface area (Å²) < 4.78 is 5.54. The summed E-state index contributed by atoms with van der Waals surface area (Å²) in [5.41, 5.74) is 2.71. The van der Waals surface area contributed by atoms with Crippen molar-refractivity contribution in [3.8, 4) is 0 Å². The summed E-state index contributed by atoms with van der Waals surface area (Å²) >= 11 is 0. The fraction of sp³-hybridized carbons (Fsp3) is 0.471. The van der Waals surface area contributed by atoms with Crippen molar-refractivity contribution in [1.82, 2.24) is 0 Å². The Morgan fingerprint density at radius 2 is 2.00 bits per heavy atom. The van der Waals surface area contributed by atoms with Gasteiger partial charge in [0.25, 0.3) is 0 Å².